The van der Waals surface area contributed by atoms with Crippen molar-refractivity contribution in [3.63, 3.8) is 0 Å². The average Bonchev–Trinajstić information content (AvgIpc) is 3.26. The number of hydrogen-bond donors (Lipinski definition) is 2. The maximum atomic E-state index is 5.62. The Balaban J connectivity index is 0.00000264. The minimum Gasteiger partial charge on any atom is -0.381 e. The number of hydrogen-bond acceptors (Lipinski definition) is 4. The number of nitrogens with one attached hydrogen (secondary N) is 2. The summed E-state index contributed by atoms with van der Waals surface area (Å²) in [6, 6.07) is 0. The first-order valence-electron chi connectivity index (χ1n) is 8.14. The largest absolute Gasteiger partial charge is 0.381 e. The molecule has 0 saturated heterocycles. The number of rotatable bonds is 9. The predicted octanol–water partition coefficient (Wildman–Crippen LogP) is 2.90. The van der Waals surface area contributed by atoms with Crippen molar-refractivity contribution < 1.29 is 4.74 Å². The molecule has 0 atom stereocenters. The fourth-order valence-electron chi connectivity index (χ4n) is 2.24. The molecular weight excluding hydrogens is 423 g/mol. The van der Waals surface area contributed by atoms with E-state index in [2.05, 4.69) is 34.5 Å². The Morgan fingerprint density at radius 2 is 2.04 bits per heavy atom. The molecule has 0 unspecified atom stereocenters. The molecule has 0 radical (unpaired) electrons. The van der Waals surface area contributed by atoms with Gasteiger partial charge in [0.1, 0.15) is 0 Å². The topological polar surface area (TPSA) is 58.5 Å². The second-order valence-electron chi connectivity index (χ2n) is 5.79. The van der Waals surface area contributed by atoms with Crippen LogP contribution in [-0.2, 0) is 11.2 Å². The molecule has 0 bridgehead atoms. The van der Waals surface area contributed by atoms with Crippen molar-refractivity contribution in [3.05, 3.63) is 15.6 Å². The Labute approximate surface area is 160 Å². The zero-order valence-electron chi connectivity index (χ0n) is 14.4. The number of halogens is 1. The van der Waals surface area contributed by atoms with E-state index in [1.54, 1.807) is 18.4 Å². The van der Waals surface area contributed by atoms with Gasteiger partial charge in [0.2, 0.25) is 0 Å². The van der Waals surface area contributed by atoms with Gasteiger partial charge in [-0.2, -0.15) is 0 Å². The van der Waals surface area contributed by atoms with Gasteiger partial charge >= 0.3 is 0 Å². The summed E-state index contributed by atoms with van der Waals surface area (Å²) in [5, 5.41) is 7.82. The first-order chi connectivity index (χ1) is 10.7. The van der Waals surface area contributed by atoms with E-state index in [4.69, 9.17) is 4.74 Å². The van der Waals surface area contributed by atoms with Crippen LogP contribution in [0.25, 0.3) is 0 Å². The molecule has 0 aliphatic heterocycles. The van der Waals surface area contributed by atoms with Crippen molar-refractivity contribution >= 4 is 41.3 Å². The molecule has 23 heavy (non-hydrogen) atoms. The van der Waals surface area contributed by atoms with Gasteiger partial charge in [-0.25, -0.2) is 4.98 Å². The average molecular weight is 452 g/mol. The lowest BCUT2D eigenvalue weighted by atomic mass is 10.3. The molecule has 0 aromatic carbocycles. The van der Waals surface area contributed by atoms with Gasteiger partial charge in [-0.15, -0.1) is 35.3 Å². The highest BCUT2D eigenvalue weighted by molar-refractivity contribution is 14.0. The number of ether oxygens (including phenoxy) is 1. The summed E-state index contributed by atoms with van der Waals surface area (Å²) >= 11 is 1.78. The van der Waals surface area contributed by atoms with E-state index in [1.807, 2.05) is 0 Å². The van der Waals surface area contributed by atoms with Crippen LogP contribution in [0.3, 0.4) is 0 Å². The summed E-state index contributed by atoms with van der Waals surface area (Å²) in [6.07, 6.45) is 4.71. The van der Waals surface area contributed by atoms with Gasteiger partial charge in [-0.05, 0) is 39.0 Å². The number of nitrogens with zero attached hydrogens (tertiary/aromatic N) is 2. The van der Waals surface area contributed by atoms with E-state index < -0.39 is 0 Å². The third-order valence-corrected chi connectivity index (χ3v) is 4.81. The minimum atomic E-state index is 0. The van der Waals surface area contributed by atoms with Crippen molar-refractivity contribution in [3.8, 4) is 0 Å². The summed E-state index contributed by atoms with van der Waals surface area (Å²) in [4.78, 5) is 10.1. The summed E-state index contributed by atoms with van der Waals surface area (Å²) in [5.41, 5.74) is 1.15. The third kappa shape index (κ3) is 8.30. The molecule has 1 aromatic heterocycles. The van der Waals surface area contributed by atoms with Gasteiger partial charge < -0.3 is 15.4 Å². The van der Waals surface area contributed by atoms with Crippen LogP contribution in [0, 0.1) is 19.8 Å². The quantitative estimate of drug-likeness (QED) is 0.262. The second-order valence-corrected chi connectivity index (χ2v) is 7.08. The van der Waals surface area contributed by atoms with Crippen molar-refractivity contribution in [2.24, 2.45) is 10.9 Å². The van der Waals surface area contributed by atoms with E-state index in [1.165, 1.54) is 17.7 Å². The van der Waals surface area contributed by atoms with Crippen LogP contribution < -0.4 is 10.6 Å². The fraction of sp³-hybridized carbons (Fsp3) is 0.750. The molecule has 1 fully saturated rings. The molecule has 1 aliphatic rings. The highest BCUT2D eigenvalue weighted by Gasteiger charge is 2.20. The monoisotopic (exact) mass is 452 g/mol. The zero-order chi connectivity index (χ0) is 15.8. The van der Waals surface area contributed by atoms with Crippen molar-refractivity contribution in [2.75, 3.05) is 33.4 Å². The normalized spacial score (nSPS) is 14.5. The van der Waals surface area contributed by atoms with Crippen LogP contribution in [0.5, 0.6) is 0 Å². The molecule has 0 amide bonds. The van der Waals surface area contributed by atoms with Crippen LogP contribution >= 0.6 is 35.3 Å². The molecule has 5 nitrogen and oxygen atoms in total. The number of aromatic nitrogens is 1. The lowest BCUT2D eigenvalue weighted by Gasteiger charge is -2.11. The third-order valence-electron chi connectivity index (χ3n) is 3.68. The molecule has 2 N–H and O–H groups in total. The Morgan fingerprint density at radius 1 is 1.30 bits per heavy atom. The molecular formula is C16H29IN4OS. The summed E-state index contributed by atoms with van der Waals surface area (Å²) in [7, 11) is 1.81. The highest BCUT2D eigenvalue weighted by Crippen LogP contribution is 2.28. The van der Waals surface area contributed by atoms with E-state index >= 15 is 0 Å². The first kappa shape index (κ1) is 20.6. The number of aryl methyl sites for hydroxylation is 2. The van der Waals surface area contributed by atoms with E-state index in [0.717, 1.165) is 61.7 Å². The maximum absolute atomic E-state index is 5.62. The van der Waals surface area contributed by atoms with Crippen LogP contribution in [0.1, 0.15) is 34.8 Å². The van der Waals surface area contributed by atoms with Gasteiger partial charge in [0.25, 0.3) is 0 Å². The molecule has 1 saturated carbocycles. The van der Waals surface area contributed by atoms with Gasteiger partial charge in [-0.3, -0.25) is 4.99 Å². The standard InChI is InChI=1S/C16H28N4OS.HI/c1-12-15(22-13(2)20-12)7-9-19-16(17-3)18-8-4-10-21-11-14-5-6-14;/h14H,4-11H2,1-3H3,(H2,17,18,19);1H. The van der Waals surface area contributed by atoms with Gasteiger partial charge in [-0.1, -0.05) is 0 Å². The molecule has 132 valence electrons. The molecule has 1 aliphatic carbocycles. The van der Waals surface area contributed by atoms with Crippen LogP contribution in [-0.4, -0.2) is 44.3 Å². The van der Waals surface area contributed by atoms with Crippen molar-refractivity contribution in [1.82, 2.24) is 15.6 Å². The Bertz CT molecular complexity index is 488. The summed E-state index contributed by atoms with van der Waals surface area (Å²) in [6.45, 7) is 7.68. The highest BCUT2D eigenvalue weighted by atomic mass is 127. The van der Waals surface area contributed by atoms with Crippen molar-refractivity contribution in [1.29, 1.82) is 0 Å². The lowest BCUT2D eigenvalue weighted by Crippen LogP contribution is -2.39. The molecule has 0 spiro atoms. The second kappa shape index (κ2) is 11.2. The molecule has 2 rings (SSSR count). The Kier molecular flexibility index (Phi) is 10.0. The summed E-state index contributed by atoms with van der Waals surface area (Å²) in [5.74, 6) is 1.71. The first-order valence-corrected chi connectivity index (χ1v) is 8.96. The van der Waals surface area contributed by atoms with Gasteiger partial charge in [0, 0.05) is 44.6 Å². The van der Waals surface area contributed by atoms with E-state index in [9.17, 15) is 0 Å². The van der Waals surface area contributed by atoms with Gasteiger partial charge in [0.15, 0.2) is 5.96 Å². The lowest BCUT2D eigenvalue weighted by molar-refractivity contribution is 0.123. The number of guanidine groups is 1. The van der Waals surface area contributed by atoms with Crippen molar-refractivity contribution in [2.45, 2.75) is 39.5 Å². The van der Waals surface area contributed by atoms with Gasteiger partial charge in [0.05, 0.1) is 10.7 Å². The SMILES string of the molecule is CN=C(NCCCOCC1CC1)NCCc1sc(C)nc1C.I. The minimum absolute atomic E-state index is 0. The zero-order valence-corrected chi connectivity index (χ0v) is 17.5. The number of thiazole rings is 1. The maximum Gasteiger partial charge on any atom is 0.190 e. The fourth-order valence-corrected chi connectivity index (χ4v) is 3.17. The Hall–Kier alpha value is -0.410. The number of aliphatic imine (C=N–C) groups is 1. The predicted molar refractivity (Wildman–Crippen MR) is 108 cm³/mol. The van der Waals surface area contributed by atoms with Crippen LogP contribution in [0.4, 0.5) is 0 Å². The molecule has 1 heterocycles. The molecule has 7 heteroatoms. The van der Waals surface area contributed by atoms with E-state index in [-0.39, 0.29) is 24.0 Å². The Morgan fingerprint density at radius 3 is 2.65 bits per heavy atom. The van der Waals surface area contributed by atoms with Crippen LogP contribution in [0.15, 0.2) is 4.99 Å². The smallest absolute Gasteiger partial charge is 0.190 e. The molecule has 1 aromatic rings. The van der Waals surface area contributed by atoms with E-state index in [0.29, 0.717) is 0 Å². The van der Waals surface area contributed by atoms with Crippen LogP contribution in [0.2, 0.25) is 0 Å². The summed E-state index contributed by atoms with van der Waals surface area (Å²) < 4.78 is 5.62.